The normalized spacial score (nSPS) is 14.4. The van der Waals surface area contributed by atoms with Crippen LogP contribution in [0.1, 0.15) is 17.0 Å². The van der Waals surface area contributed by atoms with Gasteiger partial charge in [-0.15, -0.1) is 0 Å². The van der Waals surface area contributed by atoms with Crippen molar-refractivity contribution in [1.29, 1.82) is 0 Å². The van der Waals surface area contributed by atoms with E-state index in [4.69, 9.17) is 9.26 Å². The molecule has 0 radical (unpaired) electrons. The summed E-state index contributed by atoms with van der Waals surface area (Å²) < 4.78 is 10.6. The maximum Gasteiger partial charge on any atom is 0.271 e. The van der Waals surface area contributed by atoms with E-state index in [1.165, 1.54) is 0 Å². The zero-order valence-corrected chi connectivity index (χ0v) is 16.3. The second-order valence-electron chi connectivity index (χ2n) is 6.40. The molecule has 2 aromatic rings. The molecular formula is C19H24N3O3S+. The van der Waals surface area contributed by atoms with Crippen LogP contribution in [0, 0.1) is 20.8 Å². The van der Waals surface area contributed by atoms with Crippen molar-refractivity contribution in [3.8, 4) is 11.1 Å². The number of amides is 1. The number of ether oxygens (including phenoxy) is 1. The molecule has 0 spiro atoms. The number of nitrogens with zero attached hydrogens (tertiary/aromatic N) is 2. The predicted molar refractivity (Wildman–Crippen MR) is 105 cm³/mol. The smallest absolute Gasteiger partial charge is 0.271 e. The number of nitrogens with one attached hydrogen (secondary N) is 1. The van der Waals surface area contributed by atoms with E-state index in [0.717, 1.165) is 38.7 Å². The number of benzene rings is 1. The summed E-state index contributed by atoms with van der Waals surface area (Å²) in [7, 11) is 0. The van der Waals surface area contributed by atoms with E-state index in [9.17, 15) is 4.79 Å². The van der Waals surface area contributed by atoms with Crippen LogP contribution in [0.3, 0.4) is 0 Å². The van der Waals surface area contributed by atoms with E-state index in [-0.39, 0.29) is 5.91 Å². The molecule has 3 rings (SSSR count). The average molecular weight is 374 g/mol. The van der Waals surface area contributed by atoms with Gasteiger partial charge in [-0.3, -0.25) is 4.79 Å². The van der Waals surface area contributed by atoms with Gasteiger partial charge in [-0.25, -0.2) is 0 Å². The molecule has 1 amide bonds. The number of morpholine rings is 1. The summed E-state index contributed by atoms with van der Waals surface area (Å²) >= 11 is 3.64. The van der Waals surface area contributed by atoms with E-state index in [1.807, 2.05) is 37.8 Å². The molecule has 7 heteroatoms. The maximum atomic E-state index is 12.7. The minimum Gasteiger partial charge on any atom is -0.378 e. The fourth-order valence-electron chi connectivity index (χ4n) is 3.05. The number of anilines is 1. The number of carbonyl (C=O) groups is 1. The van der Waals surface area contributed by atoms with Crippen LogP contribution < -0.4 is 5.32 Å². The first-order valence-corrected chi connectivity index (χ1v) is 9.01. The third kappa shape index (κ3) is 3.64. The third-order valence-corrected chi connectivity index (χ3v) is 5.15. The molecule has 0 aliphatic carbocycles. The van der Waals surface area contributed by atoms with Gasteiger partial charge in [0.05, 0.1) is 24.6 Å². The first-order chi connectivity index (χ1) is 12.4. The number of aromatic nitrogens is 1. The highest BCUT2D eigenvalue weighted by Gasteiger charge is 2.21. The molecule has 1 aliphatic rings. The van der Waals surface area contributed by atoms with Gasteiger partial charge in [0.25, 0.3) is 5.91 Å². The van der Waals surface area contributed by atoms with Crippen LogP contribution in [0.4, 0.5) is 5.69 Å². The largest absolute Gasteiger partial charge is 0.378 e. The van der Waals surface area contributed by atoms with E-state index in [1.54, 1.807) is 0 Å². The van der Waals surface area contributed by atoms with E-state index >= 15 is 0 Å². The van der Waals surface area contributed by atoms with Crippen molar-refractivity contribution in [3.63, 3.8) is 0 Å². The molecule has 26 heavy (non-hydrogen) atoms. The maximum absolute atomic E-state index is 12.7. The number of hydrogen-bond acceptors (Lipinski definition) is 5. The molecule has 0 bridgehead atoms. The Labute approximate surface area is 158 Å². The Morgan fingerprint density at radius 1 is 1.27 bits per heavy atom. The molecule has 6 nitrogen and oxygen atoms in total. The molecular weight excluding hydrogens is 350 g/mol. The Kier molecular flexibility index (Phi) is 5.38. The van der Waals surface area contributed by atoms with E-state index in [2.05, 4.69) is 29.7 Å². The quantitative estimate of drug-likeness (QED) is 0.658. The van der Waals surface area contributed by atoms with Gasteiger partial charge in [0.1, 0.15) is 5.76 Å². The first kappa shape index (κ1) is 18.5. The number of hydrogen-bond donors (Lipinski definition) is 1. The Bertz CT molecular complexity index is 834. The van der Waals surface area contributed by atoms with Gasteiger partial charge in [0.15, 0.2) is 4.90 Å². The topological polar surface area (TPSA) is 67.6 Å². The molecule has 0 atom stereocenters. The lowest BCUT2D eigenvalue weighted by Gasteiger charge is -2.29. The molecule has 0 unspecified atom stereocenters. The minimum absolute atomic E-state index is 0.211. The fourth-order valence-corrected chi connectivity index (χ4v) is 3.35. The monoisotopic (exact) mass is 374 g/mol. The Hall–Kier alpha value is -2.25. The summed E-state index contributed by atoms with van der Waals surface area (Å²) in [6, 6.07) is 3.95. The molecule has 0 saturated carbocycles. The highest BCUT2D eigenvalue weighted by molar-refractivity contribution is 7.58. The van der Waals surface area contributed by atoms with Crippen LogP contribution in [0.15, 0.2) is 33.8 Å². The molecule has 2 heterocycles. The highest BCUT2D eigenvalue weighted by atomic mass is 32.1. The first-order valence-electron chi connectivity index (χ1n) is 8.51. The summed E-state index contributed by atoms with van der Waals surface area (Å²) in [5.41, 5.74) is 4.81. The zero-order valence-electron chi connectivity index (χ0n) is 15.3. The molecule has 1 N–H and O–H groups in total. The Balaban J connectivity index is 1.87. The van der Waals surface area contributed by atoms with Crippen LogP contribution >= 0.6 is 0 Å². The van der Waals surface area contributed by atoms with Gasteiger partial charge in [-0.1, -0.05) is 11.7 Å². The summed E-state index contributed by atoms with van der Waals surface area (Å²) in [5.74, 6) is 0.532. The zero-order chi connectivity index (χ0) is 18.8. The van der Waals surface area contributed by atoms with E-state index in [0.29, 0.717) is 32.0 Å². The van der Waals surface area contributed by atoms with Crippen molar-refractivity contribution in [2.75, 3.05) is 31.6 Å². The standard InChI is InChI=1S/C19H23N3O3S/c1-11-16(20-19(23)13(3)22-5-7-24-8-6-22)9-15(10-17(11)26)18-12(2)21-25-14(18)4/h9-10,26H,3,5-8H2,1-2,4H3,(H,20,23)/p+1. The third-order valence-electron chi connectivity index (χ3n) is 4.63. The summed E-state index contributed by atoms with van der Waals surface area (Å²) in [4.78, 5) is 15.5. The molecule has 1 saturated heterocycles. The van der Waals surface area contributed by atoms with Crippen molar-refractivity contribution < 1.29 is 14.1 Å². The average Bonchev–Trinajstić information content (AvgIpc) is 2.97. The van der Waals surface area contributed by atoms with Gasteiger partial charge >= 0.3 is 0 Å². The van der Waals surface area contributed by atoms with Gasteiger partial charge < -0.3 is 19.5 Å². The van der Waals surface area contributed by atoms with E-state index < -0.39 is 0 Å². The fraction of sp³-hybridized carbons (Fsp3) is 0.368. The summed E-state index contributed by atoms with van der Waals surface area (Å²) in [6.07, 6.45) is 0. The van der Waals surface area contributed by atoms with Crippen molar-refractivity contribution in [2.24, 2.45) is 0 Å². The van der Waals surface area contributed by atoms with Crippen molar-refractivity contribution >= 4 is 24.2 Å². The number of rotatable bonds is 4. The minimum atomic E-state index is -0.211. The van der Waals surface area contributed by atoms with Gasteiger partial charge in [0.2, 0.25) is 0 Å². The SMILES string of the molecule is C=C(C(=O)Nc1cc(-c2c(C)noc2C)cc([SH2+])c1C)N1CCOCC1. The molecule has 1 aliphatic heterocycles. The molecule has 1 aromatic heterocycles. The Morgan fingerprint density at radius 3 is 2.58 bits per heavy atom. The number of carbonyl (C=O) groups excluding carboxylic acids is 1. The van der Waals surface area contributed by atoms with Crippen molar-refractivity contribution in [1.82, 2.24) is 10.1 Å². The van der Waals surface area contributed by atoms with Gasteiger partial charge in [0, 0.05) is 36.0 Å². The lowest BCUT2D eigenvalue weighted by Crippen LogP contribution is -2.39. The lowest BCUT2D eigenvalue weighted by molar-refractivity contribution is -0.114. The van der Waals surface area contributed by atoms with Crippen LogP contribution in [-0.4, -0.2) is 42.3 Å². The van der Waals surface area contributed by atoms with Crippen LogP contribution in [0.5, 0.6) is 0 Å². The van der Waals surface area contributed by atoms with Gasteiger partial charge in [-0.2, -0.15) is 0 Å². The highest BCUT2D eigenvalue weighted by Crippen LogP contribution is 2.32. The van der Waals surface area contributed by atoms with Gasteiger partial charge in [-0.05, 0) is 45.0 Å². The van der Waals surface area contributed by atoms with Crippen LogP contribution in [0.2, 0.25) is 0 Å². The second kappa shape index (κ2) is 7.55. The van der Waals surface area contributed by atoms with Crippen molar-refractivity contribution in [2.45, 2.75) is 25.7 Å². The lowest BCUT2D eigenvalue weighted by atomic mass is 10.0. The Morgan fingerprint density at radius 2 is 1.96 bits per heavy atom. The molecule has 1 fully saturated rings. The summed E-state index contributed by atoms with van der Waals surface area (Å²) in [6.45, 7) is 12.2. The summed E-state index contributed by atoms with van der Waals surface area (Å²) in [5, 5.41) is 7.00. The predicted octanol–water partition coefficient (Wildman–Crippen LogP) is 2.42. The van der Waals surface area contributed by atoms with Crippen molar-refractivity contribution in [3.05, 3.63) is 41.4 Å². The number of aryl methyl sites for hydroxylation is 2. The molecule has 138 valence electrons. The van der Waals surface area contributed by atoms with Crippen LogP contribution in [-0.2, 0) is 22.2 Å². The second-order valence-corrected chi connectivity index (χ2v) is 6.93. The van der Waals surface area contributed by atoms with Crippen LogP contribution in [0.25, 0.3) is 11.1 Å². The molecule has 1 aromatic carbocycles.